The second-order valence-corrected chi connectivity index (χ2v) is 8.37. The van der Waals surface area contributed by atoms with Crippen LogP contribution in [0, 0.1) is 0 Å². The summed E-state index contributed by atoms with van der Waals surface area (Å²) in [6.07, 6.45) is 2.59. The van der Waals surface area contributed by atoms with E-state index in [4.69, 9.17) is 21.1 Å². The van der Waals surface area contributed by atoms with Crippen molar-refractivity contribution in [2.24, 2.45) is 0 Å². The molecule has 152 valence electrons. The summed E-state index contributed by atoms with van der Waals surface area (Å²) in [6.45, 7) is 6.84. The molecular formula is C22H28BrClN2O2. The van der Waals surface area contributed by atoms with Crippen molar-refractivity contribution in [2.75, 3.05) is 26.7 Å². The highest BCUT2D eigenvalue weighted by atomic mass is 79.9. The minimum Gasteiger partial charge on any atom is -0.493 e. The number of likely N-dealkylation sites (N-methyl/N-ethyl adjacent to an activating group) is 1. The van der Waals surface area contributed by atoms with Crippen molar-refractivity contribution in [3.63, 3.8) is 0 Å². The third kappa shape index (κ3) is 5.63. The second-order valence-electron chi connectivity index (χ2n) is 7.08. The molecule has 4 nitrogen and oxygen atoms in total. The molecule has 1 heterocycles. The highest BCUT2D eigenvalue weighted by Crippen LogP contribution is 2.37. The summed E-state index contributed by atoms with van der Waals surface area (Å²) in [5.74, 6) is 1.43. The molecule has 0 aliphatic carbocycles. The monoisotopic (exact) mass is 466 g/mol. The Morgan fingerprint density at radius 3 is 2.86 bits per heavy atom. The molecule has 1 atom stereocenters. The lowest BCUT2D eigenvalue weighted by Gasteiger charge is -2.23. The lowest BCUT2D eigenvalue weighted by atomic mass is 10.1. The van der Waals surface area contributed by atoms with Gasteiger partial charge in [-0.15, -0.1) is 0 Å². The highest BCUT2D eigenvalue weighted by Gasteiger charge is 2.22. The molecule has 2 aromatic carbocycles. The Morgan fingerprint density at radius 1 is 1.25 bits per heavy atom. The van der Waals surface area contributed by atoms with Crippen LogP contribution in [0.25, 0.3) is 0 Å². The molecule has 2 aromatic rings. The van der Waals surface area contributed by atoms with E-state index in [1.807, 2.05) is 30.3 Å². The molecule has 1 N–H and O–H groups in total. The zero-order chi connectivity index (χ0) is 19.9. The second kappa shape index (κ2) is 10.5. The van der Waals surface area contributed by atoms with Gasteiger partial charge in [-0.2, -0.15) is 0 Å². The lowest BCUT2D eigenvalue weighted by Crippen LogP contribution is -2.37. The van der Waals surface area contributed by atoms with Crippen LogP contribution >= 0.6 is 27.5 Å². The van der Waals surface area contributed by atoms with E-state index >= 15 is 0 Å². The first-order valence-electron chi connectivity index (χ1n) is 9.79. The molecule has 1 saturated heterocycles. The number of nitrogens with one attached hydrogen (secondary N) is 1. The summed E-state index contributed by atoms with van der Waals surface area (Å²) in [5.41, 5.74) is 2.18. The predicted octanol–water partition coefficient (Wildman–Crippen LogP) is 5.26. The van der Waals surface area contributed by atoms with E-state index in [2.05, 4.69) is 39.1 Å². The number of nitrogens with zero attached hydrogens (tertiary/aromatic N) is 1. The SMILES string of the molecule is CCN1CCC[C@@H]1CNCc1cc(Br)c(OCc2cccc(Cl)c2)c(OC)c1. The Balaban J connectivity index is 1.60. The van der Waals surface area contributed by atoms with Crippen LogP contribution in [0.1, 0.15) is 30.9 Å². The van der Waals surface area contributed by atoms with E-state index in [9.17, 15) is 0 Å². The zero-order valence-corrected chi connectivity index (χ0v) is 18.9. The van der Waals surface area contributed by atoms with Crippen molar-refractivity contribution >= 4 is 27.5 Å². The number of hydrogen-bond acceptors (Lipinski definition) is 4. The summed E-state index contributed by atoms with van der Waals surface area (Å²) in [6, 6.07) is 12.5. The van der Waals surface area contributed by atoms with Crippen LogP contribution in [-0.2, 0) is 13.2 Å². The van der Waals surface area contributed by atoms with Gasteiger partial charge in [0.2, 0.25) is 0 Å². The molecule has 6 heteroatoms. The van der Waals surface area contributed by atoms with Gasteiger partial charge in [-0.1, -0.05) is 30.7 Å². The third-order valence-electron chi connectivity index (χ3n) is 5.18. The normalized spacial score (nSPS) is 17.1. The van der Waals surface area contributed by atoms with Gasteiger partial charge in [0.1, 0.15) is 6.61 Å². The van der Waals surface area contributed by atoms with Crippen LogP contribution in [0.15, 0.2) is 40.9 Å². The van der Waals surface area contributed by atoms with E-state index in [-0.39, 0.29) is 0 Å². The summed E-state index contributed by atoms with van der Waals surface area (Å²) in [4.78, 5) is 2.55. The molecule has 1 fully saturated rings. The molecule has 0 radical (unpaired) electrons. The van der Waals surface area contributed by atoms with Crippen LogP contribution in [0.2, 0.25) is 5.02 Å². The summed E-state index contributed by atoms with van der Waals surface area (Å²) in [5, 5.41) is 4.30. The predicted molar refractivity (Wildman–Crippen MR) is 118 cm³/mol. The smallest absolute Gasteiger partial charge is 0.175 e. The molecule has 0 saturated carbocycles. The number of benzene rings is 2. The van der Waals surface area contributed by atoms with Crippen LogP contribution in [0.3, 0.4) is 0 Å². The van der Waals surface area contributed by atoms with Crippen LogP contribution in [0.4, 0.5) is 0 Å². The average Bonchev–Trinajstić information content (AvgIpc) is 3.14. The van der Waals surface area contributed by atoms with Crippen LogP contribution in [0.5, 0.6) is 11.5 Å². The molecule has 0 amide bonds. The van der Waals surface area contributed by atoms with E-state index in [1.165, 1.54) is 24.9 Å². The quantitative estimate of drug-likeness (QED) is 0.545. The summed E-state index contributed by atoms with van der Waals surface area (Å²) in [7, 11) is 1.67. The number of ether oxygens (including phenoxy) is 2. The molecule has 1 aliphatic heterocycles. The van der Waals surface area contributed by atoms with Crippen molar-refractivity contribution in [1.82, 2.24) is 10.2 Å². The third-order valence-corrected chi connectivity index (χ3v) is 6.00. The maximum absolute atomic E-state index is 6.05. The lowest BCUT2D eigenvalue weighted by molar-refractivity contribution is 0.259. The molecular weight excluding hydrogens is 440 g/mol. The fourth-order valence-corrected chi connectivity index (χ4v) is 4.54. The first-order valence-corrected chi connectivity index (χ1v) is 11.0. The first-order chi connectivity index (χ1) is 13.6. The van der Waals surface area contributed by atoms with Gasteiger partial charge in [0.25, 0.3) is 0 Å². The highest BCUT2D eigenvalue weighted by molar-refractivity contribution is 9.10. The van der Waals surface area contributed by atoms with E-state index < -0.39 is 0 Å². The van der Waals surface area contributed by atoms with Gasteiger partial charge in [0.15, 0.2) is 11.5 Å². The number of halogens is 2. The number of hydrogen-bond donors (Lipinski definition) is 1. The molecule has 1 aliphatic rings. The maximum atomic E-state index is 6.05. The van der Waals surface area contributed by atoms with Crippen molar-refractivity contribution in [1.29, 1.82) is 0 Å². The van der Waals surface area contributed by atoms with Crippen molar-refractivity contribution < 1.29 is 9.47 Å². The Kier molecular flexibility index (Phi) is 8.03. The van der Waals surface area contributed by atoms with Gasteiger partial charge >= 0.3 is 0 Å². The number of rotatable bonds is 9. The van der Waals surface area contributed by atoms with Gasteiger partial charge in [-0.05, 0) is 77.3 Å². The van der Waals surface area contributed by atoms with E-state index in [0.29, 0.717) is 23.4 Å². The zero-order valence-electron chi connectivity index (χ0n) is 16.5. The van der Waals surface area contributed by atoms with Crippen molar-refractivity contribution in [3.8, 4) is 11.5 Å². The minimum atomic E-state index is 0.432. The molecule has 0 bridgehead atoms. The molecule has 3 rings (SSSR count). The van der Waals surface area contributed by atoms with Gasteiger partial charge < -0.3 is 14.8 Å². The number of methoxy groups -OCH3 is 1. The Bertz CT molecular complexity index is 787. The van der Waals surface area contributed by atoms with Crippen LogP contribution in [-0.4, -0.2) is 37.7 Å². The average molecular weight is 468 g/mol. The van der Waals surface area contributed by atoms with Gasteiger partial charge in [-0.3, -0.25) is 4.90 Å². The van der Waals surface area contributed by atoms with Gasteiger partial charge in [-0.25, -0.2) is 0 Å². The standard InChI is InChI=1S/C22H28BrClN2O2/c1-3-26-9-5-8-19(26)14-25-13-17-11-20(23)22(21(12-17)27-2)28-15-16-6-4-7-18(24)10-16/h4,6-7,10-12,19,25H,3,5,8-9,13-15H2,1-2H3/t19-/m1/s1. The Morgan fingerprint density at radius 2 is 2.11 bits per heavy atom. The van der Waals surface area contributed by atoms with Crippen molar-refractivity contribution in [3.05, 3.63) is 57.0 Å². The topological polar surface area (TPSA) is 33.7 Å². The molecule has 0 aromatic heterocycles. The van der Waals surface area contributed by atoms with E-state index in [1.54, 1.807) is 7.11 Å². The van der Waals surface area contributed by atoms with Crippen molar-refractivity contribution in [2.45, 2.75) is 39.0 Å². The first kappa shape index (κ1) is 21.4. The summed E-state index contributed by atoms with van der Waals surface area (Å²) < 4.78 is 12.5. The number of likely N-dealkylation sites (tertiary alicyclic amines) is 1. The minimum absolute atomic E-state index is 0.432. The Hall–Kier alpha value is -1.27. The largest absolute Gasteiger partial charge is 0.493 e. The van der Waals surface area contributed by atoms with Crippen LogP contribution < -0.4 is 14.8 Å². The van der Waals surface area contributed by atoms with Gasteiger partial charge in [0, 0.05) is 24.2 Å². The van der Waals surface area contributed by atoms with E-state index in [0.717, 1.165) is 35.4 Å². The Labute approximate surface area is 181 Å². The fourth-order valence-electron chi connectivity index (χ4n) is 3.72. The van der Waals surface area contributed by atoms with Gasteiger partial charge in [0.05, 0.1) is 11.6 Å². The molecule has 0 unspecified atom stereocenters. The maximum Gasteiger partial charge on any atom is 0.175 e. The summed E-state index contributed by atoms with van der Waals surface area (Å²) >= 11 is 9.69. The fraction of sp³-hybridized carbons (Fsp3) is 0.455. The molecule has 28 heavy (non-hydrogen) atoms. The molecule has 0 spiro atoms.